The molecular formula is C17H26N2O. The molecule has 0 aliphatic carbocycles. The largest absolute Gasteiger partial charge is 0.340 e. The second-order valence-corrected chi connectivity index (χ2v) is 6.11. The SMILES string of the molecule is Cc1ccc(CCCC(=O)N2CC(C)NC(C)C2)cc1. The normalized spacial score (nSPS) is 22.9. The van der Waals surface area contributed by atoms with Crippen LogP contribution in [0.25, 0.3) is 0 Å². The van der Waals surface area contributed by atoms with E-state index in [2.05, 4.69) is 50.4 Å². The standard InChI is InChI=1S/C17H26N2O/c1-13-7-9-16(10-8-13)5-4-6-17(20)19-11-14(2)18-15(3)12-19/h7-10,14-15,18H,4-6,11-12H2,1-3H3. The molecule has 0 bridgehead atoms. The molecule has 1 aromatic carbocycles. The molecule has 110 valence electrons. The van der Waals surface area contributed by atoms with E-state index in [-0.39, 0.29) is 0 Å². The Labute approximate surface area is 122 Å². The number of rotatable bonds is 4. The highest BCUT2D eigenvalue weighted by Gasteiger charge is 2.24. The second kappa shape index (κ2) is 6.89. The summed E-state index contributed by atoms with van der Waals surface area (Å²) in [4.78, 5) is 14.2. The van der Waals surface area contributed by atoms with Crippen LogP contribution in [0.5, 0.6) is 0 Å². The van der Waals surface area contributed by atoms with Gasteiger partial charge in [-0.3, -0.25) is 4.79 Å². The van der Waals surface area contributed by atoms with E-state index in [1.54, 1.807) is 0 Å². The summed E-state index contributed by atoms with van der Waals surface area (Å²) >= 11 is 0. The van der Waals surface area contributed by atoms with E-state index in [1.165, 1.54) is 11.1 Å². The molecule has 2 rings (SSSR count). The molecule has 0 aromatic heterocycles. The smallest absolute Gasteiger partial charge is 0.222 e. The van der Waals surface area contributed by atoms with Gasteiger partial charge in [0.1, 0.15) is 0 Å². The van der Waals surface area contributed by atoms with E-state index in [0.29, 0.717) is 24.4 Å². The minimum atomic E-state index is 0.303. The van der Waals surface area contributed by atoms with Crippen LogP contribution >= 0.6 is 0 Å². The van der Waals surface area contributed by atoms with Crippen molar-refractivity contribution < 1.29 is 4.79 Å². The number of hydrogen-bond acceptors (Lipinski definition) is 2. The van der Waals surface area contributed by atoms with Crippen molar-refractivity contribution in [3.8, 4) is 0 Å². The van der Waals surface area contributed by atoms with Gasteiger partial charge in [0.05, 0.1) is 0 Å². The molecule has 1 heterocycles. The Kier molecular flexibility index (Phi) is 5.18. The summed E-state index contributed by atoms with van der Waals surface area (Å²) in [5, 5.41) is 3.46. The summed E-state index contributed by atoms with van der Waals surface area (Å²) in [6.45, 7) is 8.06. The average molecular weight is 274 g/mol. The van der Waals surface area contributed by atoms with Gasteiger partial charge in [-0.05, 0) is 39.2 Å². The minimum Gasteiger partial charge on any atom is -0.340 e. The summed E-state index contributed by atoms with van der Waals surface area (Å²) < 4.78 is 0. The van der Waals surface area contributed by atoms with Crippen LogP contribution in [0.1, 0.15) is 37.8 Å². The topological polar surface area (TPSA) is 32.3 Å². The highest BCUT2D eigenvalue weighted by molar-refractivity contribution is 5.76. The zero-order valence-corrected chi connectivity index (χ0v) is 12.9. The average Bonchev–Trinajstić information content (AvgIpc) is 2.40. The zero-order chi connectivity index (χ0) is 14.5. The molecule has 0 spiro atoms. The third-order valence-corrected chi connectivity index (χ3v) is 3.89. The summed E-state index contributed by atoms with van der Waals surface area (Å²) in [6.07, 6.45) is 2.59. The highest BCUT2D eigenvalue weighted by atomic mass is 16.2. The van der Waals surface area contributed by atoms with Crippen molar-refractivity contribution in [2.75, 3.05) is 13.1 Å². The fourth-order valence-electron chi connectivity index (χ4n) is 2.89. The number of nitrogens with zero attached hydrogens (tertiary/aromatic N) is 1. The van der Waals surface area contributed by atoms with Gasteiger partial charge in [0.15, 0.2) is 0 Å². The van der Waals surface area contributed by atoms with Crippen LogP contribution < -0.4 is 5.32 Å². The Morgan fingerprint density at radius 1 is 1.20 bits per heavy atom. The lowest BCUT2D eigenvalue weighted by atomic mass is 10.1. The van der Waals surface area contributed by atoms with Crippen LogP contribution in [0.3, 0.4) is 0 Å². The van der Waals surface area contributed by atoms with E-state index < -0.39 is 0 Å². The maximum Gasteiger partial charge on any atom is 0.222 e. The van der Waals surface area contributed by atoms with Gasteiger partial charge in [-0.2, -0.15) is 0 Å². The molecule has 1 aliphatic heterocycles. The zero-order valence-electron chi connectivity index (χ0n) is 12.9. The van der Waals surface area contributed by atoms with Crippen molar-refractivity contribution in [1.82, 2.24) is 10.2 Å². The molecule has 0 radical (unpaired) electrons. The van der Waals surface area contributed by atoms with Gasteiger partial charge < -0.3 is 10.2 Å². The molecule has 1 amide bonds. The number of hydrogen-bond donors (Lipinski definition) is 1. The van der Waals surface area contributed by atoms with Gasteiger partial charge in [0.25, 0.3) is 0 Å². The van der Waals surface area contributed by atoms with Crippen molar-refractivity contribution in [3.05, 3.63) is 35.4 Å². The molecule has 1 aliphatic rings. The molecule has 1 aromatic rings. The predicted octanol–water partition coefficient (Wildman–Crippen LogP) is 2.53. The van der Waals surface area contributed by atoms with Crippen LogP contribution in [0.2, 0.25) is 0 Å². The number of piperazine rings is 1. The molecule has 2 atom stereocenters. The molecule has 2 unspecified atom stereocenters. The highest BCUT2D eigenvalue weighted by Crippen LogP contribution is 2.10. The van der Waals surface area contributed by atoms with Crippen molar-refractivity contribution in [2.24, 2.45) is 0 Å². The first-order valence-corrected chi connectivity index (χ1v) is 7.64. The fraction of sp³-hybridized carbons (Fsp3) is 0.588. The maximum absolute atomic E-state index is 12.2. The summed E-state index contributed by atoms with van der Waals surface area (Å²) in [5.74, 6) is 0.303. The van der Waals surface area contributed by atoms with Crippen LogP contribution in [0.15, 0.2) is 24.3 Å². The molecule has 1 fully saturated rings. The number of nitrogens with one attached hydrogen (secondary N) is 1. The van der Waals surface area contributed by atoms with Gasteiger partial charge in [-0.15, -0.1) is 0 Å². The summed E-state index contributed by atoms with van der Waals surface area (Å²) in [5.41, 5.74) is 2.61. The Morgan fingerprint density at radius 2 is 1.80 bits per heavy atom. The van der Waals surface area contributed by atoms with Crippen molar-refractivity contribution >= 4 is 5.91 Å². The van der Waals surface area contributed by atoms with Crippen LogP contribution in [0, 0.1) is 6.92 Å². The first kappa shape index (κ1) is 15.0. The fourth-order valence-corrected chi connectivity index (χ4v) is 2.89. The quantitative estimate of drug-likeness (QED) is 0.915. The van der Waals surface area contributed by atoms with Gasteiger partial charge in [-0.25, -0.2) is 0 Å². The second-order valence-electron chi connectivity index (χ2n) is 6.11. The molecule has 0 saturated carbocycles. The molecule has 3 nitrogen and oxygen atoms in total. The Bertz CT molecular complexity index is 431. The number of carbonyl (C=O) groups excluding carboxylic acids is 1. The lowest BCUT2D eigenvalue weighted by Gasteiger charge is -2.36. The van der Waals surface area contributed by atoms with Crippen molar-refractivity contribution in [2.45, 2.75) is 52.1 Å². The molecular weight excluding hydrogens is 248 g/mol. The third kappa shape index (κ3) is 4.34. The molecule has 3 heteroatoms. The van der Waals surface area contributed by atoms with E-state index in [9.17, 15) is 4.79 Å². The minimum absolute atomic E-state index is 0.303. The maximum atomic E-state index is 12.2. The number of benzene rings is 1. The van der Waals surface area contributed by atoms with Crippen molar-refractivity contribution in [1.29, 1.82) is 0 Å². The Balaban J connectivity index is 1.76. The first-order chi connectivity index (χ1) is 9.54. The van der Waals surface area contributed by atoms with Crippen molar-refractivity contribution in [3.63, 3.8) is 0 Å². The summed E-state index contributed by atoms with van der Waals surface area (Å²) in [7, 11) is 0. The summed E-state index contributed by atoms with van der Waals surface area (Å²) in [6, 6.07) is 9.40. The number of amides is 1. The van der Waals surface area contributed by atoms with Crippen LogP contribution in [-0.4, -0.2) is 36.0 Å². The Morgan fingerprint density at radius 3 is 2.40 bits per heavy atom. The number of aryl methyl sites for hydroxylation is 2. The van der Waals surface area contributed by atoms with E-state index >= 15 is 0 Å². The van der Waals surface area contributed by atoms with Gasteiger partial charge in [0.2, 0.25) is 5.91 Å². The third-order valence-electron chi connectivity index (χ3n) is 3.89. The molecule has 1 saturated heterocycles. The predicted molar refractivity (Wildman–Crippen MR) is 82.8 cm³/mol. The van der Waals surface area contributed by atoms with Crippen LogP contribution in [0.4, 0.5) is 0 Å². The van der Waals surface area contributed by atoms with E-state index in [0.717, 1.165) is 25.9 Å². The van der Waals surface area contributed by atoms with E-state index in [4.69, 9.17) is 0 Å². The monoisotopic (exact) mass is 274 g/mol. The molecule has 20 heavy (non-hydrogen) atoms. The number of carbonyl (C=O) groups is 1. The first-order valence-electron chi connectivity index (χ1n) is 7.64. The Hall–Kier alpha value is -1.35. The molecule has 1 N–H and O–H groups in total. The van der Waals surface area contributed by atoms with Gasteiger partial charge in [0, 0.05) is 31.6 Å². The lowest BCUT2D eigenvalue weighted by Crippen LogP contribution is -2.55. The lowest BCUT2D eigenvalue weighted by molar-refractivity contribution is -0.133. The van der Waals surface area contributed by atoms with Crippen LogP contribution in [-0.2, 0) is 11.2 Å². The van der Waals surface area contributed by atoms with Gasteiger partial charge in [-0.1, -0.05) is 29.8 Å². The van der Waals surface area contributed by atoms with E-state index in [1.807, 2.05) is 4.90 Å². The van der Waals surface area contributed by atoms with Gasteiger partial charge >= 0.3 is 0 Å².